The highest BCUT2D eigenvalue weighted by atomic mass is 16.1. The lowest BCUT2D eigenvalue weighted by Crippen LogP contribution is -2.49. The molecule has 0 amide bonds. The Morgan fingerprint density at radius 2 is 1.68 bits per heavy atom. The second-order valence-corrected chi connectivity index (χ2v) is 11.4. The monoisotopic (exact) mass is 513 g/mol. The van der Waals surface area contributed by atoms with Gasteiger partial charge in [-0.2, -0.15) is 0 Å². The smallest absolute Gasteiger partial charge is 0.253 e. The van der Waals surface area contributed by atoms with E-state index in [1.165, 1.54) is 16.8 Å². The number of fused-ring (bicyclic) bond motifs is 1. The number of nitrogens with zero attached hydrogens (tertiary/aromatic N) is 6. The van der Waals surface area contributed by atoms with E-state index in [4.69, 9.17) is 0 Å². The molecule has 4 aromatic rings. The molecule has 1 fully saturated rings. The molecular formula is C30H39N7O. The van der Waals surface area contributed by atoms with Crippen molar-refractivity contribution in [3.8, 4) is 0 Å². The molecule has 1 N–H and O–H groups in total. The molecule has 3 heterocycles. The summed E-state index contributed by atoms with van der Waals surface area (Å²) >= 11 is 0. The Balaban J connectivity index is 1.59. The molecule has 0 saturated carbocycles. The van der Waals surface area contributed by atoms with Crippen molar-refractivity contribution in [3.63, 3.8) is 0 Å². The van der Waals surface area contributed by atoms with Gasteiger partial charge in [0.2, 0.25) is 0 Å². The number of aromatic amines is 1. The lowest BCUT2D eigenvalue weighted by atomic mass is 9.97. The molecule has 0 bridgehead atoms. The van der Waals surface area contributed by atoms with Crippen molar-refractivity contribution >= 4 is 16.6 Å². The number of hydrogen-bond donors (Lipinski definition) is 1. The molecule has 0 radical (unpaired) electrons. The second kappa shape index (κ2) is 9.98. The van der Waals surface area contributed by atoms with Crippen molar-refractivity contribution in [1.29, 1.82) is 0 Å². The van der Waals surface area contributed by atoms with E-state index in [2.05, 4.69) is 109 Å². The average molecular weight is 514 g/mol. The van der Waals surface area contributed by atoms with Crippen LogP contribution in [0.5, 0.6) is 0 Å². The molecule has 1 aliphatic heterocycles. The number of aromatic nitrogens is 5. The molecule has 5 rings (SSSR count). The summed E-state index contributed by atoms with van der Waals surface area (Å²) < 4.78 is 1.92. The molecule has 1 atom stereocenters. The van der Waals surface area contributed by atoms with Crippen LogP contribution >= 0.6 is 0 Å². The van der Waals surface area contributed by atoms with Crippen LogP contribution in [0.2, 0.25) is 0 Å². The van der Waals surface area contributed by atoms with Gasteiger partial charge in [0.15, 0.2) is 5.82 Å². The second-order valence-electron chi connectivity index (χ2n) is 11.4. The number of aryl methyl sites for hydroxylation is 4. The Labute approximate surface area is 224 Å². The summed E-state index contributed by atoms with van der Waals surface area (Å²) in [5, 5.41) is 14.1. The number of pyridine rings is 1. The molecule has 38 heavy (non-hydrogen) atoms. The summed E-state index contributed by atoms with van der Waals surface area (Å²) in [4.78, 5) is 21.7. The van der Waals surface area contributed by atoms with Crippen molar-refractivity contribution in [2.45, 2.75) is 66.5 Å². The third-order valence-electron chi connectivity index (χ3n) is 8.20. The number of piperazine rings is 1. The van der Waals surface area contributed by atoms with Crippen LogP contribution < -0.4 is 10.5 Å². The predicted octanol–water partition coefficient (Wildman–Crippen LogP) is 4.80. The lowest BCUT2D eigenvalue weighted by Gasteiger charge is -2.40. The zero-order valence-corrected chi connectivity index (χ0v) is 23.7. The first-order chi connectivity index (χ1) is 18.1. The van der Waals surface area contributed by atoms with Crippen LogP contribution in [0.4, 0.5) is 5.69 Å². The van der Waals surface area contributed by atoms with Crippen LogP contribution in [0.1, 0.15) is 66.9 Å². The van der Waals surface area contributed by atoms with Gasteiger partial charge in [-0.1, -0.05) is 25.1 Å². The Kier molecular flexibility index (Phi) is 6.86. The third-order valence-corrected chi connectivity index (χ3v) is 8.20. The maximum Gasteiger partial charge on any atom is 0.253 e. The summed E-state index contributed by atoms with van der Waals surface area (Å²) in [7, 11) is 0. The van der Waals surface area contributed by atoms with E-state index in [-0.39, 0.29) is 17.1 Å². The molecule has 0 aliphatic carbocycles. The van der Waals surface area contributed by atoms with Crippen LogP contribution in [0.15, 0.2) is 41.2 Å². The van der Waals surface area contributed by atoms with E-state index in [1.54, 1.807) is 0 Å². The molecule has 2 aromatic heterocycles. The van der Waals surface area contributed by atoms with Gasteiger partial charge in [-0.25, -0.2) is 4.68 Å². The highest BCUT2D eigenvalue weighted by molar-refractivity contribution is 5.83. The molecule has 8 nitrogen and oxygen atoms in total. The van der Waals surface area contributed by atoms with Gasteiger partial charge in [0, 0.05) is 48.3 Å². The third kappa shape index (κ3) is 4.73. The fourth-order valence-corrected chi connectivity index (χ4v) is 5.62. The van der Waals surface area contributed by atoms with Crippen LogP contribution in [-0.4, -0.2) is 56.3 Å². The fourth-order valence-electron chi connectivity index (χ4n) is 5.62. The SMILES string of the molecule is CCC(C)(C)n1nnnc1[C@@H](c1cc2c(C)cc(C)cc2[nH]c1=O)N1CCN(c2cc(C)ccc2C)CC1. The first kappa shape index (κ1) is 26.1. The summed E-state index contributed by atoms with van der Waals surface area (Å²) in [5.41, 5.74) is 7.28. The Morgan fingerprint density at radius 3 is 2.39 bits per heavy atom. The van der Waals surface area contributed by atoms with E-state index in [0.29, 0.717) is 11.4 Å². The standard InChI is InChI=1S/C30H39N7O/c1-8-30(6,7)37-28(32-33-34-37)27(24-18-23-22(5)15-20(3)16-25(23)31-29(24)38)36-13-11-35(12-14-36)26-17-19(2)9-10-21(26)4/h9-10,15-18,27H,8,11-14H2,1-7H3,(H,31,38)/t27-/m1/s1. The summed E-state index contributed by atoms with van der Waals surface area (Å²) in [5.74, 6) is 0.714. The van der Waals surface area contributed by atoms with Gasteiger partial charge in [0.05, 0.1) is 5.54 Å². The zero-order valence-electron chi connectivity index (χ0n) is 23.7. The van der Waals surface area contributed by atoms with E-state index < -0.39 is 0 Å². The van der Waals surface area contributed by atoms with E-state index in [1.807, 2.05) is 10.7 Å². The number of nitrogens with one attached hydrogen (secondary N) is 1. The van der Waals surface area contributed by atoms with Gasteiger partial charge in [-0.05, 0) is 98.8 Å². The number of tetrazole rings is 1. The number of rotatable bonds is 6. The Bertz CT molecular complexity index is 1530. The van der Waals surface area contributed by atoms with Gasteiger partial charge in [-0.15, -0.1) is 5.10 Å². The number of hydrogen-bond acceptors (Lipinski definition) is 6. The largest absolute Gasteiger partial charge is 0.369 e. The topological polar surface area (TPSA) is 82.9 Å². The quantitative estimate of drug-likeness (QED) is 0.399. The van der Waals surface area contributed by atoms with E-state index in [9.17, 15) is 4.79 Å². The van der Waals surface area contributed by atoms with Crippen LogP contribution in [0.25, 0.3) is 10.9 Å². The van der Waals surface area contributed by atoms with Crippen molar-refractivity contribution in [2.75, 3.05) is 31.1 Å². The van der Waals surface area contributed by atoms with Crippen LogP contribution in [0, 0.1) is 27.7 Å². The van der Waals surface area contributed by atoms with Crippen molar-refractivity contribution in [1.82, 2.24) is 30.1 Å². The molecule has 1 saturated heterocycles. The number of anilines is 1. The molecule has 1 aliphatic rings. The first-order valence-electron chi connectivity index (χ1n) is 13.6. The van der Waals surface area contributed by atoms with Crippen LogP contribution in [-0.2, 0) is 5.54 Å². The van der Waals surface area contributed by atoms with Crippen molar-refractivity contribution in [2.24, 2.45) is 0 Å². The van der Waals surface area contributed by atoms with Crippen molar-refractivity contribution < 1.29 is 0 Å². The Hall–Kier alpha value is -3.52. The molecule has 8 heteroatoms. The van der Waals surface area contributed by atoms with Gasteiger partial charge in [0.25, 0.3) is 5.56 Å². The van der Waals surface area contributed by atoms with Crippen molar-refractivity contribution in [3.05, 3.63) is 80.4 Å². The summed E-state index contributed by atoms with van der Waals surface area (Å²) in [6.07, 6.45) is 0.866. The molecular weight excluding hydrogens is 474 g/mol. The average Bonchev–Trinajstić information content (AvgIpc) is 3.37. The normalized spacial score (nSPS) is 15.8. The first-order valence-corrected chi connectivity index (χ1v) is 13.6. The predicted molar refractivity (Wildman–Crippen MR) is 153 cm³/mol. The Morgan fingerprint density at radius 1 is 0.947 bits per heavy atom. The van der Waals surface area contributed by atoms with Crippen LogP contribution in [0.3, 0.4) is 0 Å². The highest BCUT2D eigenvalue weighted by Gasteiger charge is 2.36. The van der Waals surface area contributed by atoms with Gasteiger partial charge in [0.1, 0.15) is 6.04 Å². The maximum atomic E-state index is 13.7. The van der Waals surface area contributed by atoms with Gasteiger partial charge < -0.3 is 9.88 Å². The number of H-pyrrole nitrogens is 1. The van der Waals surface area contributed by atoms with Gasteiger partial charge >= 0.3 is 0 Å². The fraction of sp³-hybridized carbons (Fsp3) is 0.467. The molecule has 0 spiro atoms. The zero-order chi connectivity index (χ0) is 27.2. The highest BCUT2D eigenvalue weighted by Crippen LogP contribution is 2.33. The molecule has 2 aromatic carbocycles. The minimum absolute atomic E-state index is 0.0895. The van der Waals surface area contributed by atoms with E-state index >= 15 is 0 Å². The summed E-state index contributed by atoms with van der Waals surface area (Å²) in [6.45, 7) is 18.2. The van der Waals surface area contributed by atoms with E-state index in [0.717, 1.165) is 54.6 Å². The minimum atomic E-state index is -0.356. The number of benzene rings is 2. The summed E-state index contributed by atoms with van der Waals surface area (Å²) in [6, 6.07) is 12.5. The lowest BCUT2D eigenvalue weighted by molar-refractivity contribution is 0.186. The molecule has 200 valence electrons. The molecule has 0 unspecified atom stereocenters. The maximum absolute atomic E-state index is 13.7. The minimum Gasteiger partial charge on any atom is -0.369 e. The van der Waals surface area contributed by atoms with Gasteiger partial charge in [-0.3, -0.25) is 9.69 Å².